The molecule has 0 aliphatic heterocycles. The highest BCUT2D eigenvalue weighted by Gasteiger charge is 1.95. The smallest absolute Gasteiger partial charge is 0.139 e. The lowest BCUT2D eigenvalue weighted by Crippen LogP contribution is -2.11. The van der Waals surface area contributed by atoms with Gasteiger partial charge in [0.1, 0.15) is 5.84 Å². The van der Waals surface area contributed by atoms with Crippen molar-refractivity contribution >= 4 is 34.1 Å². The fraction of sp³-hybridized carbons (Fsp3) is 0.364. The lowest BCUT2D eigenvalue weighted by atomic mass is 10.2. The van der Waals surface area contributed by atoms with E-state index in [2.05, 4.69) is 45.2 Å². The summed E-state index contributed by atoms with van der Waals surface area (Å²) in [6.07, 6.45) is 2.57. The van der Waals surface area contributed by atoms with Gasteiger partial charge in [0.25, 0.3) is 0 Å². The SMILES string of the molecule is NC(CCCCNc1cccc(I)c1)=NO. The van der Waals surface area contributed by atoms with Gasteiger partial charge in [-0.3, -0.25) is 0 Å². The molecule has 0 fully saturated rings. The highest BCUT2D eigenvalue weighted by Crippen LogP contribution is 2.12. The zero-order chi connectivity index (χ0) is 11.8. The van der Waals surface area contributed by atoms with Crippen molar-refractivity contribution < 1.29 is 5.21 Å². The van der Waals surface area contributed by atoms with Gasteiger partial charge in [-0.25, -0.2) is 0 Å². The molecule has 0 aliphatic rings. The summed E-state index contributed by atoms with van der Waals surface area (Å²) in [5.74, 6) is 0.300. The van der Waals surface area contributed by atoms with Gasteiger partial charge in [-0.05, 0) is 53.6 Å². The Morgan fingerprint density at radius 2 is 2.25 bits per heavy atom. The van der Waals surface area contributed by atoms with Crippen molar-refractivity contribution in [1.29, 1.82) is 0 Å². The Hall–Kier alpha value is -0.980. The third-order valence-electron chi connectivity index (χ3n) is 2.14. The molecule has 0 spiro atoms. The Balaban J connectivity index is 2.16. The van der Waals surface area contributed by atoms with Gasteiger partial charge in [-0.2, -0.15) is 0 Å². The molecule has 0 saturated carbocycles. The first-order valence-corrected chi connectivity index (χ1v) is 6.26. The zero-order valence-corrected chi connectivity index (χ0v) is 11.1. The van der Waals surface area contributed by atoms with Crippen LogP contribution in [-0.2, 0) is 0 Å². The van der Waals surface area contributed by atoms with E-state index in [-0.39, 0.29) is 0 Å². The van der Waals surface area contributed by atoms with E-state index in [1.165, 1.54) is 3.57 Å². The summed E-state index contributed by atoms with van der Waals surface area (Å²) in [5, 5.41) is 14.6. The van der Waals surface area contributed by atoms with Crippen LogP contribution in [0.2, 0.25) is 0 Å². The molecular weight excluding hydrogens is 317 g/mol. The number of hydrogen-bond donors (Lipinski definition) is 3. The second kappa shape index (κ2) is 7.32. The molecule has 0 unspecified atom stereocenters. The number of benzene rings is 1. The average Bonchev–Trinajstić information content (AvgIpc) is 2.28. The van der Waals surface area contributed by atoms with E-state index in [0.717, 1.165) is 25.1 Å². The maximum absolute atomic E-state index is 8.35. The molecular formula is C11H16IN3O. The zero-order valence-electron chi connectivity index (χ0n) is 8.99. The van der Waals surface area contributed by atoms with E-state index >= 15 is 0 Å². The first kappa shape index (κ1) is 13.1. The van der Waals surface area contributed by atoms with Crippen molar-refractivity contribution in [2.24, 2.45) is 10.9 Å². The predicted molar refractivity (Wildman–Crippen MR) is 74.9 cm³/mol. The van der Waals surface area contributed by atoms with E-state index in [1.54, 1.807) is 0 Å². The highest BCUT2D eigenvalue weighted by atomic mass is 127. The number of halogens is 1. The summed E-state index contributed by atoms with van der Waals surface area (Å²) in [6.45, 7) is 0.902. The Bertz CT molecular complexity index is 355. The van der Waals surface area contributed by atoms with Gasteiger partial charge in [0, 0.05) is 22.2 Å². The molecule has 1 aromatic rings. The van der Waals surface area contributed by atoms with Crippen LogP contribution in [0.25, 0.3) is 0 Å². The number of amidine groups is 1. The quantitative estimate of drug-likeness (QED) is 0.187. The van der Waals surface area contributed by atoms with Crippen LogP contribution in [0.1, 0.15) is 19.3 Å². The summed E-state index contributed by atoms with van der Waals surface area (Å²) in [5.41, 5.74) is 6.50. The van der Waals surface area contributed by atoms with E-state index in [1.807, 2.05) is 12.1 Å². The van der Waals surface area contributed by atoms with E-state index < -0.39 is 0 Å². The van der Waals surface area contributed by atoms with Gasteiger partial charge in [-0.15, -0.1) is 0 Å². The molecule has 0 saturated heterocycles. The van der Waals surface area contributed by atoms with Crippen LogP contribution in [0.15, 0.2) is 29.4 Å². The molecule has 0 bridgehead atoms. The lowest BCUT2D eigenvalue weighted by Gasteiger charge is -2.06. The maximum Gasteiger partial charge on any atom is 0.139 e. The number of nitrogens with two attached hydrogens (primary N) is 1. The number of oxime groups is 1. The topological polar surface area (TPSA) is 70.6 Å². The number of rotatable bonds is 6. The molecule has 0 heterocycles. The molecule has 4 nitrogen and oxygen atoms in total. The molecule has 0 radical (unpaired) electrons. The predicted octanol–water partition coefficient (Wildman–Crippen LogP) is 2.62. The summed E-state index contributed by atoms with van der Waals surface area (Å²) in [4.78, 5) is 0. The minimum Gasteiger partial charge on any atom is -0.409 e. The van der Waals surface area contributed by atoms with Crippen LogP contribution >= 0.6 is 22.6 Å². The second-order valence-electron chi connectivity index (χ2n) is 3.49. The standard InChI is InChI=1S/C11H16IN3O/c12-9-4-3-5-10(8-9)14-7-2-1-6-11(13)15-16/h3-5,8,14,16H,1-2,6-7H2,(H2,13,15). The van der Waals surface area contributed by atoms with Gasteiger partial charge in [0.05, 0.1) is 0 Å². The molecule has 4 N–H and O–H groups in total. The van der Waals surface area contributed by atoms with Gasteiger partial charge in [-0.1, -0.05) is 11.2 Å². The number of hydrogen-bond acceptors (Lipinski definition) is 3. The van der Waals surface area contributed by atoms with Crippen LogP contribution in [0.4, 0.5) is 5.69 Å². The minimum atomic E-state index is 0.300. The third-order valence-corrected chi connectivity index (χ3v) is 2.81. The van der Waals surface area contributed by atoms with E-state index in [9.17, 15) is 0 Å². The van der Waals surface area contributed by atoms with Crippen molar-refractivity contribution in [3.8, 4) is 0 Å². The summed E-state index contributed by atoms with van der Waals surface area (Å²) in [6, 6.07) is 8.24. The average molecular weight is 333 g/mol. The molecule has 0 aromatic heterocycles. The number of nitrogens with one attached hydrogen (secondary N) is 1. The van der Waals surface area contributed by atoms with Crippen LogP contribution in [0.3, 0.4) is 0 Å². The number of nitrogens with zero attached hydrogens (tertiary/aromatic N) is 1. The van der Waals surface area contributed by atoms with Gasteiger partial charge in [0.2, 0.25) is 0 Å². The molecule has 1 rings (SSSR count). The van der Waals surface area contributed by atoms with Gasteiger partial charge in [0.15, 0.2) is 0 Å². The Labute approximate surface area is 109 Å². The van der Waals surface area contributed by atoms with Crippen LogP contribution in [-0.4, -0.2) is 17.6 Å². The molecule has 0 amide bonds. The molecule has 16 heavy (non-hydrogen) atoms. The molecule has 88 valence electrons. The Morgan fingerprint density at radius 3 is 2.94 bits per heavy atom. The van der Waals surface area contributed by atoms with Crippen LogP contribution < -0.4 is 11.1 Å². The monoisotopic (exact) mass is 333 g/mol. The van der Waals surface area contributed by atoms with Crippen LogP contribution in [0.5, 0.6) is 0 Å². The van der Waals surface area contributed by atoms with Crippen molar-refractivity contribution in [3.63, 3.8) is 0 Å². The molecule has 0 aliphatic carbocycles. The molecule has 0 atom stereocenters. The second-order valence-corrected chi connectivity index (χ2v) is 4.73. The van der Waals surface area contributed by atoms with Crippen molar-refractivity contribution in [3.05, 3.63) is 27.8 Å². The van der Waals surface area contributed by atoms with E-state index in [0.29, 0.717) is 12.3 Å². The largest absolute Gasteiger partial charge is 0.409 e. The van der Waals surface area contributed by atoms with Gasteiger partial charge < -0.3 is 16.3 Å². The minimum absolute atomic E-state index is 0.300. The Morgan fingerprint density at radius 1 is 1.44 bits per heavy atom. The fourth-order valence-electron chi connectivity index (χ4n) is 1.31. The first-order valence-electron chi connectivity index (χ1n) is 5.18. The summed E-state index contributed by atoms with van der Waals surface area (Å²) in [7, 11) is 0. The summed E-state index contributed by atoms with van der Waals surface area (Å²) < 4.78 is 1.22. The van der Waals surface area contributed by atoms with Gasteiger partial charge >= 0.3 is 0 Å². The molecule has 5 heteroatoms. The Kier molecular flexibility index (Phi) is 5.99. The number of unbranched alkanes of at least 4 members (excludes halogenated alkanes) is 1. The molecule has 1 aromatic carbocycles. The van der Waals surface area contributed by atoms with E-state index in [4.69, 9.17) is 10.9 Å². The summed E-state index contributed by atoms with van der Waals surface area (Å²) >= 11 is 2.29. The third kappa shape index (κ3) is 5.20. The van der Waals surface area contributed by atoms with Crippen LogP contribution in [0, 0.1) is 3.57 Å². The first-order chi connectivity index (χ1) is 7.72. The normalized spacial score (nSPS) is 11.4. The van der Waals surface area contributed by atoms with Crippen molar-refractivity contribution in [2.45, 2.75) is 19.3 Å². The highest BCUT2D eigenvalue weighted by molar-refractivity contribution is 14.1. The maximum atomic E-state index is 8.35. The lowest BCUT2D eigenvalue weighted by molar-refractivity contribution is 0.316. The van der Waals surface area contributed by atoms with Crippen molar-refractivity contribution in [1.82, 2.24) is 0 Å². The number of anilines is 1. The fourth-order valence-corrected chi connectivity index (χ4v) is 1.86. The van der Waals surface area contributed by atoms with Crippen molar-refractivity contribution in [2.75, 3.05) is 11.9 Å².